The summed E-state index contributed by atoms with van der Waals surface area (Å²) in [6.45, 7) is 16.5. The van der Waals surface area contributed by atoms with E-state index in [1.54, 1.807) is 0 Å². The minimum absolute atomic E-state index is 0.569. The van der Waals surface area contributed by atoms with E-state index in [9.17, 15) is 0 Å². The largest absolute Gasteiger partial charge is 0.304 e. The van der Waals surface area contributed by atoms with Crippen molar-refractivity contribution < 1.29 is 0 Å². The molecule has 0 aromatic rings. The van der Waals surface area contributed by atoms with Gasteiger partial charge in [-0.25, -0.2) is 0 Å². The molecule has 0 unspecified atom stereocenters. The Morgan fingerprint density at radius 3 is 0.960 bits per heavy atom. The second-order valence-corrected chi connectivity index (χ2v) is 8.17. The lowest BCUT2D eigenvalue weighted by molar-refractivity contribution is 0.0281. The average Bonchev–Trinajstić information content (AvgIpc) is 2.73. The van der Waals surface area contributed by atoms with Crippen molar-refractivity contribution in [2.75, 3.05) is 107 Å². The molecule has 0 aromatic carbocycles. The Balaban J connectivity index is 2.05. The molecule has 25 heavy (non-hydrogen) atoms. The van der Waals surface area contributed by atoms with Gasteiger partial charge in [0.15, 0.2) is 0 Å². The maximum Gasteiger partial charge on any atom is 0.0621 e. The van der Waals surface area contributed by atoms with Gasteiger partial charge in [-0.3, -0.25) is 9.80 Å². The van der Waals surface area contributed by atoms with Crippen LogP contribution in [0.3, 0.4) is 0 Å². The smallest absolute Gasteiger partial charge is 0.0621 e. The fourth-order valence-corrected chi connectivity index (χ4v) is 3.89. The van der Waals surface area contributed by atoms with Crippen LogP contribution >= 0.6 is 0 Å². The zero-order valence-corrected chi connectivity index (χ0v) is 17.5. The second kappa shape index (κ2) is 10.8. The molecule has 2 aliphatic rings. The molecule has 2 fully saturated rings. The first-order valence-corrected chi connectivity index (χ1v) is 10.2. The van der Waals surface area contributed by atoms with Crippen LogP contribution < -0.4 is 0 Å². The number of nitrogens with zero attached hydrogens (tertiary/aromatic N) is 6. The highest BCUT2D eigenvalue weighted by Gasteiger charge is 2.26. The molecular formula is C19H42N6. The van der Waals surface area contributed by atoms with Crippen LogP contribution in [-0.2, 0) is 0 Å². The van der Waals surface area contributed by atoms with Crippen molar-refractivity contribution in [3.8, 4) is 0 Å². The van der Waals surface area contributed by atoms with Gasteiger partial charge in [0.1, 0.15) is 0 Å². The van der Waals surface area contributed by atoms with Crippen LogP contribution in [0.25, 0.3) is 0 Å². The summed E-state index contributed by atoms with van der Waals surface area (Å²) in [7, 11) is 9.07. The van der Waals surface area contributed by atoms with Gasteiger partial charge in [-0.2, -0.15) is 0 Å². The first-order valence-electron chi connectivity index (χ1n) is 10.2. The lowest BCUT2D eigenvalue weighted by Gasteiger charge is -2.40. The first-order chi connectivity index (χ1) is 12.0. The summed E-state index contributed by atoms with van der Waals surface area (Å²) in [6.07, 6.45) is 1.78. The Labute approximate surface area is 156 Å². The van der Waals surface area contributed by atoms with E-state index in [-0.39, 0.29) is 0 Å². The minimum atomic E-state index is 0.569. The molecule has 0 aromatic heterocycles. The van der Waals surface area contributed by atoms with Crippen molar-refractivity contribution >= 4 is 0 Å². The summed E-state index contributed by atoms with van der Waals surface area (Å²) < 4.78 is 0. The fraction of sp³-hybridized carbons (Fsp3) is 1.00. The molecule has 0 aliphatic carbocycles. The molecule has 2 rings (SSSR count). The Hall–Kier alpha value is -0.240. The Kier molecular flexibility index (Phi) is 9.10. The van der Waals surface area contributed by atoms with Crippen molar-refractivity contribution in [1.29, 1.82) is 0 Å². The molecule has 0 radical (unpaired) electrons. The highest BCUT2D eigenvalue weighted by atomic mass is 15.4. The summed E-state index contributed by atoms with van der Waals surface area (Å²) in [6, 6.07) is 0. The number of hydrogen-bond donors (Lipinski definition) is 0. The van der Waals surface area contributed by atoms with Crippen LogP contribution in [0.4, 0.5) is 0 Å². The van der Waals surface area contributed by atoms with Gasteiger partial charge < -0.3 is 19.6 Å². The van der Waals surface area contributed by atoms with E-state index in [0.29, 0.717) is 6.17 Å². The molecule has 0 saturated carbocycles. The van der Waals surface area contributed by atoms with Gasteiger partial charge >= 0.3 is 0 Å². The Bertz CT molecular complexity index is 306. The van der Waals surface area contributed by atoms with Gasteiger partial charge in [-0.05, 0) is 34.6 Å². The third-order valence-corrected chi connectivity index (χ3v) is 6.01. The molecular weight excluding hydrogens is 312 g/mol. The predicted octanol–water partition coefficient (Wildman–Crippen LogP) is 0.0809. The number of rotatable bonds is 3. The second-order valence-electron chi connectivity index (χ2n) is 8.17. The minimum Gasteiger partial charge on any atom is -0.304 e. The van der Waals surface area contributed by atoms with Crippen LogP contribution in [-0.4, -0.2) is 142 Å². The van der Waals surface area contributed by atoms with E-state index < -0.39 is 0 Å². The van der Waals surface area contributed by atoms with Gasteiger partial charge in [0, 0.05) is 78.5 Å². The maximum atomic E-state index is 2.75. The molecule has 0 bridgehead atoms. The summed E-state index contributed by atoms with van der Waals surface area (Å²) >= 11 is 0. The topological polar surface area (TPSA) is 19.4 Å². The van der Waals surface area contributed by atoms with Crippen molar-refractivity contribution in [2.45, 2.75) is 19.5 Å². The molecule has 148 valence electrons. The molecule has 0 N–H and O–H groups in total. The summed E-state index contributed by atoms with van der Waals surface area (Å²) in [5.41, 5.74) is 0. The van der Waals surface area contributed by atoms with E-state index in [2.05, 4.69) is 64.5 Å². The van der Waals surface area contributed by atoms with Crippen LogP contribution in [0.15, 0.2) is 0 Å². The highest BCUT2D eigenvalue weighted by Crippen LogP contribution is 2.13. The van der Waals surface area contributed by atoms with E-state index in [1.165, 1.54) is 85.0 Å². The van der Waals surface area contributed by atoms with Crippen LogP contribution in [0.1, 0.15) is 13.3 Å². The third-order valence-electron chi connectivity index (χ3n) is 6.01. The summed E-state index contributed by atoms with van der Waals surface area (Å²) in [5, 5.41) is 0. The summed E-state index contributed by atoms with van der Waals surface area (Å²) in [4.78, 5) is 15.4. The summed E-state index contributed by atoms with van der Waals surface area (Å²) in [5.74, 6) is 0. The maximum absolute atomic E-state index is 2.75. The standard InChI is InChI=1S/C19H42N6/c1-6-19(24-15-11-20(2)7-8-21(3)12-16-24)25-17-13-22(4)9-10-23(5)14-18-25/h19H,6-18H2,1-5H3. The van der Waals surface area contributed by atoms with Gasteiger partial charge in [0.05, 0.1) is 6.17 Å². The zero-order chi connectivity index (χ0) is 18.2. The lowest BCUT2D eigenvalue weighted by atomic mass is 10.2. The molecule has 6 nitrogen and oxygen atoms in total. The van der Waals surface area contributed by atoms with Crippen LogP contribution in [0.2, 0.25) is 0 Å². The van der Waals surface area contributed by atoms with Gasteiger partial charge in [0.25, 0.3) is 0 Å². The highest BCUT2D eigenvalue weighted by molar-refractivity contribution is 4.79. The third kappa shape index (κ3) is 7.12. The van der Waals surface area contributed by atoms with E-state index in [1.807, 2.05) is 0 Å². The lowest BCUT2D eigenvalue weighted by Crippen LogP contribution is -2.53. The SMILES string of the molecule is CCC(N1CCN(C)CCN(C)CC1)N1CCN(C)CCN(C)CC1. The molecule has 0 amide bonds. The predicted molar refractivity (Wildman–Crippen MR) is 107 cm³/mol. The van der Waals surface area contributed by atoms with Crippen molar-refractivity contribution in [3.63, 3.8) is 0 Å². The van der Waals surface area contributed by atoms with Gasteiger partial charge in [-0.15, -0.1) is 0 Å². The fourth-order valence-electron chi connectivity index (χ4n) is 3.89. The number of likely N-dealkylation sites (N-methyl/N-ethyl adjacent to an activating group) is 4. The van der Waals surface area contributed by atoms with Gasteiger partial charge in [-0.1, -0.05) is 6.92 Å². The van der Waals surface area contributed by atoms with E-state index in [0.717, 1.165) is 0 Å². The quantitative estimate of drug-likeness (QED) is 0.710. The monoisotopic (exact) mass is 354 g/mol. The molecule has 2 aliphatic heterocycles. The first kappa shape index (κ1) is 21.1. The van der Waals surface area contributed by atoms with Crippen molar-refractivity contribution in [2.24, 2.45) is 0 Å². The Morgan fingerprint density at radius 1 is 0.480 bits per heavy atom. The van der Waals surface area contributed by atoms with Crippen molar-refractivity contribution in [3.05, 3.63) is 0 Å². The molecule has 0 atom stereocenters. The molecule has 2 saturated heterocycles. The molecule has 6 heteroatoms. The molecule has 0 spiro atoms. The van der Waals surface area contributed by atoms with Gasteiger partial charge in [0.2, 0.25) is 0 Å². The Morgan fingerprint density at radius 2 is 0.720 bits per heavy atom. The average molecular weight is 355 g/mol. The molecule has 2 heterocycles. The number of hydrogen-bond acceptors (Lipinski definition) is 6. The van der Waals surface area contributed by atoms with Crippen LogP contribution in [0, 0.1) is 0 Å². The van der Waals surface area contributed by atoms with E-state index >= 15 is 0 Å². The normalized spacial score (nSPS) is 26.6. The van der Waals surface area contributed by atoms with Crippen molar-refractivity contribution in [1.82, 2.24) is 29.4 Å². The van der Waals surface area contributed by atoms with Crippen LogP contribution in [0.5, 0.6) is 0 Å². The van der Waals surface area contributed by atoms with E-state index in [4.69, 9.17) is 0 Å². The zero-order valence-electron chi connectivity index (χ0n) is 17.5.